The Morgan fingerprint density at radius 3 is 2.79 bits per heavy atom. The highest BCUT2D eigenvalue weighted by molar-refractivity contribution is 9.10. The molecule has 2 aromatic rings. The van der Waals surface area contributed by atoms with Crippen LogP contribution in [0.4, 0.5) is 10.1 Å². The van der Waals surface area contributed by atoms with Crippen LogP contribution < -0.4 is 5.32 Å². The van der Waals surface area contributed by atoms with Gasteiger partial charge in [-0.25, -0.2) is 4.39 Å². The minimum atomic E-state index is -0.362. The van der Waals surface area contributed by atoms with Crippen LogP contribution in [-0.4, -0.2) is 0 Å². The second-order valence-corrected chi connectivity index (χ2v) is 6.04. The molecule has 98 valence electrons. The summed E-state index contributed by atoms with van der Waals surface area (Å²) in [6, 6.07) is 6.93. The number of benzene rings is 1. The molecule has 0 aliphatic rings. The second-order valence-electron chi connectivity index (χ2n) is 4.24. The molecule has 0 saturated heterocycles. The number of nitriles is 1. The predicted octanol–water partition coefficient (Wildman–Crippen LogP) is 5.00. The Balaban J connectivity index is 2.31. The molecule has 1 N–H and O–H groups in total. The maximum Gasteiger partial charge on any atom is 0.129 e. The van der Waals surface area contributed by atoms with Crippen LogP contribution in [0.3, 0.4) is 0 Å². The quantitative estimate of drug-likeness (QED) is 0.854. The van der Waals surface area contributed by atoms with Gasteiger partial charge >= 0.3 is 0 Å². The fraction of sp³-hybridized carbons (Fsp3) is 0.214. The fourth-order valence-corrected chi connectivity index (χ4v) is 3.53. The van der Waals surface area contributed by atoms with Crippen LogP contribution in [0, 0.1) is 24.1 Å². The number of anilines is 1. The minimum absolute atomic E-state index is 0.0430. The Kier molecular flexibility index (Phi) is 4.23. The third-order valence-electron chi connectivity index (χ3n) is 2.88. The van der Waals surface area contributed by atoms with Crippen LogP contribution in [0.15, 0.2) is 28.1 Å². The van der Waals surface area contributed by atoms with Gasteiger partial charge in [0.15, 0.2) is 0 Å². The number of hydrogen-bond acceptors (Lipinski definition) is 3. The van der Waals surface area contributed by atoms with Crippen molar-refractivity contribution in [3.8, 4) is 6.07 Å². The average molecular weight is 339 g/mol. The molecule has 0 spiro atoms. The summed E-state index contributed by atoms with van der Waals surface area (Å²) in [7, 11) is 0. The standard InChI is InChI=1S/C14H12BrFN2S/c1-8-12(16)5-10(7-17)6-13(8)18-9(2)14-11(15)3-4-19-14/h3-6,9,18H,1-2H3. The van der Waals surface area contributed by atoms with Crippen molar-refractivity contribution in [3.05, 3.63) is 49.9 Å². The fourth-order valence-electron chi connectivity index (χ4n) is 1.81. The van der Waals surface area contributed by atoms with Gasteiger partial charge in [0.1, 0.15) is 5.82 Å². The summed E-state index contributed by atoms with van der Waals surface area (Å²) >= 11 is 5.11. The first-order valence-electron chi connectivity index (χ1n) is 5.72. The van der Waals surface area contributed by atoms with Crippen molar-refractivity contribution >= 4 is 33.0 Å². The van der Waals surface area contributed by atoms with Gasteiger partial charge in [-0.2, -0.15) is 5.26 Å². The SMILES string of the molecule is Cc1c(F)cc(C#N)cc1NC(C)c1sccc1Br. The van der Waals surface area contributed by atoms with Gasteiger partial charge in [0, 0.05) is 20.6 Å². The summed E-state index contributed by atoms with van der Waals surface area (Å²) in [5.41, 5.74) is 1.51. The predicted molar refractivity (Wildman–Crippen MR) is 79.9 cm³/mol. The summed E-state index contributed by atoms with van der Waals surface area (Å²) in [6.07, 6.45) is 0. The Morgan fingerprint density at radius 2 is 2.21 bits per heavy atom. The van der Waals surface area contributed by atoms with Gasteiger partial charge in [-0.15, -0.1) is 11.3 Å². The maximum atomic E-state index is 13.7. The largest absolute Gasteiger partial charge is 0.377 e. The molecule has 1 aromatic heterocycles. The van der Waals surface area contributed by atoms with Crippen LogP contribution in [0.1, 0.15) is 29.0 Å². The van der Waals surface area contributed by atoms with Crippen molar-refractivity contribution in [1.82, 2.24) is 0 Å². The van der Waals surface area contributed by atoms with E-state index < -0.39 is 0 Å². The Labute approximate surface area is 124 Å². The molecule has 0 fully saturated rings. The zero-order valence-electron chi connectivity index (χ0n) is 10.5. The maximum absolute atomic E-state index is 13.7. The lowest BCUT2D eigenvalue weighted by Gasteiger charge is -2.17. The number of halogens is 2. The van der Waals surface area contributed by atoms with Crippen LogP contribution in [0.2, 0.25) is 0 Å². The first-order valence-corrected chi connectivity index (χ1v) is 7.40. The van der Waals surface area contributed by atoms with Crippen molar-refractivity contribution in [2.24, 2.45) is 0 Å². The summed E-state index contributed by atoms with van der Waals surface area (Å²) in [5, 5.41) is 14.1. The average Bonchev–Trinajstić information content (AvgIpc) is 2.80. The number of rotatable bonds is 3. The molecule has 0 bridgehead atoms. The minimum Gasteiger partial charge on any atom is -0.377 e. The number of hydrogen-bond donors (Lipinski definition) is 1. The van der Waals surface area contributed by atoms with Gasteiger partial charge in [-0.05, 0) is 53.4 Å². The van der Waals surface area contributed by atoms with E-state index in [1.54, 1.807) is 24.3 Å². The van der Waals surface area contributed by atoms with Gasteiger partial charge in [0.05, 0.1) is 17.7 Å². The Bertz CT molecular complexity index is 645. The summed E-state index contributed by atoms with van der Waals surface area (Å²) < 4.78 is 14.7. The van der Waals surface area contributed by atoms with Crippen molar-refractivity contribution in [2.75, 3.05) is 5.32 Å². The van der Waals surface area contributed by atoms with Gasteiger partial charge in [0.2, 0.25) is 0 Å². The molecular formula is C14H12BrFN2S. The topological polar surface area (TPSA) is 35.8 Å². The first kappa shape index (κ1) is 14.0. The van der Waals surface area contributed by atoms with E-state index in [1.165, 1.54) is 6.07 Å². The van der Waals surface area contributed by atoms with Gasteiger partial charge in [-0.1, -0.05) is 0 Å². The lowest BCUT2D eigenvalue weighted by atomic mass is 10.1. The molecule has 0 aliphatic carbocycles. The van der Waals surface area contributed by atoms with Crippen LogP contribution in [0.5, 0.6) is 0 Å². The van der Waals surface area contributed by atoms with Crippen LogP contribution in [0.25, 0.3) is 0 Å². The molecule has 0 radical (unpaired) electrons. The van der Waals surface area contributed by atoms with E-state index in [1.807, 2.05) is 24.4 Å². The monoisotopic (exact) mass is 338 g/mol. The summed E-state index contributed by atoms with van der Waals surface area (Å²) in [6.45, 7) is 3.71. The highest BCUT2D eigenvalue weighted by Crippen LogP contribution is 2.32. The van der Waals surface area contributed by atoms with E-state index in [2.05, 4.69) is 21.2 Å². The van der Waals surface area contributed by atoms with Crippen LogP contribution in [-0.2, 0) is 0 Å². The zero-order chi connectivity index (χ0) is 14.0. The Morgan fingerprint density at radius 1 is 1.47 bits per heavy atom. The summed E-state index contributed by atoms with van der Waals surface area (Å²) in [5.74, 6) is -0.362. The number of nitrogens with one attached hydrogen (secondary N) is 1. The molecule has 0 saturated carbocycles. The van der Waals surface area contributed by atoms with Crippen molar-refractivity contribution < 1.29 is 4.39 Å². The highest BCUT2D eigenvalue weighted by atomic mass is 79.9. The smallest absolute Gasteiger partial charge is 0.129 e. The molecule has 0 aliphatic heterocycles. The van der Waals surface area contributed by atoms with E-state index in [0.29, 0.717) is 16.8 Å². The van der Waals surface area contributed by atoms with E-state index in [4.69, 9.17) is 5.26 Å². The van der Waals surface area contributed by atoms with Crippen molar-refractivity contribution in [3.63, 3.8) is 0 Å². The molecule has 0 amide bonds. The van der Waals surface area contributed by atoms with E-state index in [9.17, 15) is 4.39 Å². The molecule has 19 heavy (non-hydrogen) atoms. The third-order valence-corrected chi connectivity index (χ3v) is 4.94. The van der Waals surface area contributed by atoms with Crippen LogP contribution >= 0.6 is 27.3 Å². The molecule has 5 heteroatoms. The van der Waals surface area contributed by atoms with Crippen molar-refractivity contribution in [2.45, 2.75) is 19.9 Å². The highest BCUT2D eigenvalue weighted by Gasteiger charge is 2.14. The van der Waals surface area contributed by atoms with E-state index in [0.717, 1.165) is 9.35 Å². The molecule has 1 heterocycles. The molecular weight excluding hydrogens is 327 g/mol. The first-order chi connectivity index (χ1) is 9.02. The van der Waals surface area contributed by atoms with Gasteiger partial charge < -0.3 is 5.32 Å². The molecule has 1 aromatic carbocycles. The van der Waals surface area contributed by atoms with Gasteiger partial charge in [-0.3, -0.25) is 0 Å². The number of nitrogens with zero attached hydrogens (tertiary/aromatic N) is 1. The molecule has 1 unspecified atom stereocenters. The lowest BCUT2D eigenvalue weighted by molar-refractivity contribution is 0.618. The normalized spacial score (nSPS) is 11.9. The van der Waals surface area contributed by atoms with E-state index >= 15 is 0 Å². The van der Waals surface area contributed by atoms with Gasteiger partial charge in [0.25, 0.3) is 0 Å². The molecule has 2 nitrogen and oxygen atoms in total. The lowest BCUT2D eigenvalue weighted by Crippen LogP contribution is -2.07. The Hall–Kier alpha value is -1.38. The number of thiophene rings is 1. The molecule has 2 rings (SSSR count). The molecule has 1 atom stereocenters. The van der Waals surface area contributed by atoms with E-state index in [-0.39, 0.29) is 11.9 Å². The van der Waals surface area contributed by atoms with Crippen molar-refractivity contribution in [1.29, 1.82) is 5.26 Å². The summed E-state index contributed by atoms with van der Waals surface area (Å²) in [4.78, 5) is 1.14. The third kappa shape index (κ3) is 2.96. The zero-order valence-corrected chi connectivity index (χ0v) is 12.9. The second kappa shape index (κ2) is 5.72.